The second-order valence-electron chi connectivity index (χ2n) is 4.39. The first-order valence-corrected chi connectivity index (χ1v) is 8.32. The van der Waals surface area contributed by atoms with E-state index in [1.165, 1.54) is 10.5 Å². The minimum Gasteiger partial charge on any atom is -0.383 e. The maximum Gasteiger partial charge on any atom is 0.283 e. The topological polar surface area (TPSA) is 62.3 Å². The number of nitrogens with zero attached hydrogens (tertiary/aromatic N) is 2. The molecule has 21 heavy (non-hydrogen) atoms. The molecular formula is C15H19N3O2S. The number of nitrogens with one attached hydrogen (secondary N) is 1. The highest BCUT2D eigenvalue weighted by Crippen LogP contribution is 2.26. The molecule has 0 aliphatic heterocycles. The highest BCUT2D eigenvalue weighted by Gasteiger charge is 2.27. The molecular weight excluding hydrogens is 286 g/mol. The predicted molar refractivity (Wildman–Crippen MR) is 85.0 cm³/mol. The normalized spacial score (nSPS) is 11.1. The summed E-state index contributed by atoms with van der Waals surface area (Å²) in [4.78, 5) is 4.07. The molecule has 2 rings (SSSR count). The van der Waals surface area contributed by atoms with Gasteiger partial charge in [0.05, 0.1) is 11.4 Å². The molecule has 0 spiro atoms. The van der Waals surface area contributed by atoms with Crippen molar-refractivity contribution in [1.82, 2.24) is 4.98 Å². The van der Waals surface area contributed by atoms with Crippen molar-refractivity contribution in [3.05, 3.63) is 48.7 Å². The van der Waals surface area contributed by atoms with Gasteiger partial charge in [0.15, 0.2) is 5.03 Å². The third-order valence-electron chi connectivity index (χ3n) is 3.00. The van der Waals surface area contributed by atoms with Crippen molar-refractivity contribution in [2.75, 3.05) is 22.7 Å². The van der Waals surface area contributed by atoms with E-state index in [1.807, 2.05) is 25.1 Å². The number of sulfonamides is 1. The molecule has 6 heteroatoms. The molecule has 1 heterocycles. The van der Waals surface area contributed by atoms with Crippen molar-refractivity contribution in [2.24, 2.45) is 0 Å². The Morgan fingerprint density at radius 3 is 2.43 bits per heavy atom. The van der Waals surface area contributed by atoms with Gasteiger partial charge >= 0.3 is 0 Å². The summed E-state index contributed by atoms with van der Waals surface area (Å²) in [6.45, 7) is 4.69. The number of hydrogen-bond donors (Lipinski definition) is 1. The zero-order valence-electron chi connectivity index (χ0n) is 12.2. The molecule has 0 aliphatic carbocycles. The Balaban J connectivity index is 2.50. The summed E-state index contributed by atoms with van der Waals surface area (Å²) >= 11 is 0. The van der Waals surface area contributed by atoms with E-state index >= 15 is 0 Å². The molecule has 1 aromatic heterocycles. The lowest BCUT2D eigenvalue weighted by molar-refractivity contribution is 0.588. The van der Waals surface area contributed by atoms with Gasteiger partial charge in [-0.3, -0.25) is 4.31 Å². The van der Waals surface area contributed by atoms with Crippen LogP contribution in [0.1, 0.15) is 13.8 Å². The molecule has 0 fully saturated rings. The third-order valence-corrected chi connectivity index (χ3v) is 4.87. The van der Waals surface area contributed by atoms with Crippen LogP contribution in [0, 0.1) is 0 Å². The van der Waals surface area contributed by atoms with Gasteiger partial charge in [-0.15, -0.1) is 0 Å². The number of para-hydroxylation sites is 1. The zero-order valence-corrected chi connectivity index (χ0v) is 13.0. The minimum absolute atomic E-state index is 0.0533. The second kappa shape index (κ2) is 6.58. The molecule has 0 saturated heterocycles. The van der Waals surface area contributed by atoms with Crippen molar-refractivity contribution >= 4 is 21.4 Å². The van der Waals surface area contributed by atoms with Crippen LogP contribution in [0.25, 0.3) is 0 Å². The Kier molecular flexibility index (Phi) is 4.80. The Morgan fingerprint density at radius 1 is 1.10 bits per heavy atom. The van der Waals surface area contributed by atoms with Crippen LogP contribution < -0.4 is 9.62 Å². The molecule has 0 aliphatic rings. The van der Waals surface area contributed by atoms with Crippen LogP contribution in [0.4, 0.5) is 11.4 Å². The lowest BCUT2D eigenvalue weighted by atomic mass is 10.3. The Labute approximate surface area is 125 Å². The first kappa shape index (κ1) is 15.3. The summed E-state index contributed by atoms with van der Waals surface area (Å²) in [7, 11) is -3.70. The SMILES string of the molecule is CCNc1cccnc1S(=O)(=O)N(CC)c1ccccc1. The molecule has 0 atom stereocenters. The van der Waals surface area contributed by atoms with Crippen LogP contribution in [0.2, 0.25) is 0 Å². The van der Waals surface area contributed by atoms with Crippen LogP contribution in [0.15, 0.2) is 53.7 Å². The smallest absolute Gasteiger partial charge is 0.283 e. The summed E-state index contributed by atoms with van der Waals surface area (Å²) < 4.78 is 27.1. The molecule has 0 amide bonds. The molecule has 5 nitrogen and oxygen atoms in total. The van der Waals surface area contributed by atoms with Gasteiger partial charge in [0, 0.05) is 19.3 Å². The number of benzene rings is 1. The number of pyridine rings is 1. The molecule has 1 N–H and O–H groups in total. The largest absolute Gasteiger partial charge is 0.383 e. The van der Waals surface area contributed by atoms with Crippen molar-refractivity contribution in [3.63, 3.8) is 0 Å². The van der Waals surface area contributed by atoms with E-state index in [0.29, 0.717) is 24.5 Å². The molecule has 112 valence electrons. The van der Waals surface area contributed by atoms with Crippen LogP contribution >= 0.6 is 0 Å². The summed E-state index contributed by atoms with van der Waals surface area (Å²) in [6.07, 6.45) is 1.49. The second-order valence-corrected chi connectivity index (χ2v) is 6.17. The zero-order chi connectivity index (χ0) is 15.3. The number of hydrogen-bond acceptors (Lipinski definition) is 4. The van der Waals surface area contributed by atoms with Crippen molar-refractivity contribution in [3.8, 4) is 0 Å². The fraction of sp³-hybridized carbons (Fsp3) is 0.267. The summed E-state index contributed by atoms with van der Waals surface area (Å²) in [6, 6.07) is 12.5. The number of aromatic nitrogens is 1. The first-order valence-electron chi connectivity index (χ1n) is 6.88. The Bertz CT molecular complexity index is 687. The van der Waals surface area contributed by atoms with Gasteiger partial charge in [0.2, 0.25) is 0 Å². The standard InChI is InChI=1S/C15H19N3O2S/c1-3-16-14-11-8-12-17-15(14)21(19,20)18(4-2)13-9-6-5-7-10-13/h5-12,16H,3-4H2,1-2H3. The average molecular weight is 305 g/mol. The monoisotopic (exact) mass is 305 g/mol. The lowest BCUT2D eigenvalue weighted by Crippen LogP contribution is -2.32. The van der Waals surface area contributed by atoms with Gasteiger partial charge in [-0.25, -0.2) is 4.98 Å². The van der Waals surface area contributed by atoms with Gasteiger partial charge in [-0.05, 0) is 38.1 Å². The third kappa shape index (κ3) is 3.16. The fourth-order valence-corrected chi connectivity index (χ4v) is 3.67. The molecule has 0 radical (unpaired) electrons. The quantitative estimate of drug-likeness (QED) is 0.891. The summed E-state index contributed by atoms with van der Waals surface area (Å²) in [5, 5.41) is 3.10. The van der Waals surface area contributed by atoms with Gasteiger partial charge < -0.3 is 5.32 Å². The van der Waals surface area contributed by atoms with Gasteiger partial charge in [-0.2, -0.15) is 8.42 Å². The maximum absolute atomic E-state index is 12.9. The van der Waals surface area contributed by atoms with E-state index in [0.717, 1.165) is 0 Å². The Morgan fingerprint density at radius 2 is 1.81 bits per heavy atom. The highest BCUT2D eigenvalue weighted by molar-refractivity contribution is 7.92. The van der Waals surface area contributed by atoms with E-state index in [2.05, 4.69) is 10.3 Å². The first-order chi connectivity index (χ1) is 10.1. The fourth-order valence-electron chi connectivity index (χ4n) is 2.11. The van der Waals surface area contributed by atoms with Crippen LogP contribution in [0.3, 0.4) is 0 Å². The summed E-state index contributed by atoms with van der Waals surface area (Å²) in [5.41, 5.74) is 1.16. The summed E-state index contributed by atoms with van der Waals surface area (Å²) in [5.74, 6) is 0. The molecule has 2 aromatic rings. The van der Waals surface area contributed by atoms with Crippen molar-refractivity contribution in [1.29, 1.82) is 0 Å². The van der Waals surface area contributed by atoms with Crippen LogP contribution in [-0.4, -0.2) is 26.5 Å². The molecule has 0 unspecified atom stereocenters. The average Bonchev–Trinajstić information content (AvgIpc) is 2.49. The van der Waals surface area contributed by atoms with E-state index in [9.17, 15) is 8.42 Å². The van der Waals surface area contributed by atoms with Crippen LogP contribution in [0.5, 0.6) is 0 Å². The minimum atomic E-state index is -3.70. The van der Waals surface area contributed by atoms with Crippen molar-refractivity contribution < 1.29 is 8.42 Å². The number of anilines is 2. The van der Waals surface area contributed by atoms with E-state index in [1.54, 1.807) is 31.2 Å². The van der Waals surface area contributed by atoms with Gasteiger partial charge in [0.25, 0.3) is 10.0 Å². The van der Waals surface area contributed by atoms with Crippen LogP contribution in [-0.2, 0) is 10.0 Å². The van der Waals surface area contributed by atoms with E-state index in [4.69, 9.17) is 0 Å². The van der Waals surface area contributed by atoms with E-state index < -0.39 is 10.0 Å². The van der Waals surface area contributed by atoms with Crippen molar-refractivity contribution in [2.45, 2.75) is 18.9 Å². The number of rotatable bonds is 6. The maximum atomic E-state index is 12.9. The van der Waals surface area contributed by atoms with E-state index in [-0.39, 0.29) is 5.03 Å². The highest BCUT2D eigenvalue weighted by atomic mass is 32.2. The Hall–Kier alpha value is -2.08. The molecule has 0 saturated carbocycles. The predicted octanol–water partition coefficient (Wildman–Crippen LogP) is 2.73. The van der Waals surface area contributed by atoms with Gasteiger partial charge in [-0.1, -0.05) is 18.2 Å². The molecule has 1 aromatic carbocycles. The van der Waals surface area contributed by atoms with Gasteiger partial charge in [0.1, 0.15) is 0 Å². The lowest BCUT2D eigenvalue weighted by Gasteiger charge is -2.23. The molecule has 0 bridgehead atoms.